The van der Waals surface area contributed by atoms with E-state index in [1.54, 1.807) is 12.1 Å². The number of rotatable bonds is 2. The first-order valence-corrected chi connectivity index (χ1v) is 6.39. The molecular formula is C13H7BrFN3O2. The van der Waals surface area contributed by atoms with Crippen molar-refractivity contribution in [2.45, 2.75) is 0 Å². The number of carbonyl (C=O) groups is 1. The molecule has 3 aromatic rings. The summed E-state index contributed by atoms with van der Waals surface area (Å²) in [6.45, 7) is 0. The van der Waals surface area contributed by atoms with Crippen LogP contribution in [0, 0.1) is 5.82 Å². The molecule has 0 atom stereocenters. The quantitative estimate of drug-likeness (QED) is 0.781. The molecule has 2 heterocycles. The number of halogens is 2. The molecule has 1 N–H and O–H groups in total. The van der Waals surface area contributed by atoms with Crippen molar-refractivity contribution >= 4 is 27.5 Å². The summed E-state index contributed by atoms with van der Waals surface area (Å²) in [4.78, 5) is 15.1. The third kappa shape index (κ3) is 2.16. The second-order valence-electron chi connectivity index (χ2n) is 4.09. The van der Waals surface area contributed by atoms with Crippen molar-refractivity contribution in [3.8, 4) is 11.4 Å². The van der Waals surface area contributed by atoms with Crippen LogP contribution in [0.25, 0.3) is 17.0 Å². The second-order valence-corrected chi connectivity index (χ2v) is 5.00. The summed E-state index contributed by atoms with van der Waals surface area (Å²) in [5.74, 6) is -1.30. The molecule has 7 heteroatoms. The van der Waals surface area contributed by atoms with Gasteiger partial charge in [-0.2, -0.15) is 0 Å². The fraction of sp³-hybridized carbons (Fsp3) is 0. The van der Waals surface area contributed by atoms with Gasteiger partial charge in [0, 0.05) is 10.7 Å². The van der Waals surface area contributed by atoms with Crippen LogP contribution in [0.5, 0.6) is 0 Å². The highest BCUT2D eigenvalue weighted by Crippen LogP contribution is 2.24. The van der Waals surface area contributed by atoms with Gasteiger partial charge in [-0.25, -0.2) is 18.7 Å². The molecule has 0 saturated heterocycles. The summed E-state index contributed by atoms with van der Waals surface area (Å²) in [5, 5.41) is 13.0. The molecule has 0 bridgehead atoms. The van der Waals surface area contributed by atoms with Crippen LogP contribution in [0.15, 0.2) is 41.0 Å². The van der Waals surface area contributed by atoms with Crippen LogP contribution in [0.3, 0.4) is 0 Å². The van der Waals surface area contributed by atoms with Crippen LogP contribution in [-0.4, -0.2) is 25.7 Å². The average molecular weight is 336 g/mol. The van der Waals surface area contributed by atoms with Gasteiger partial charge in [-0.05, 0) is 30.3 Å². The Hall–Kier alpha value is -2.28. The van der Waals surface area contributed by atoms with E-state index in [1.807, 2.05) is 0 Å². The molecule has 2 aromatic heterocycles. The fourth-order valence-corrected chi connectivity index (χ4v) is 2.15. The highest BCUT2D eigenvalue weighted by atomic mass is 79.9. The minimum absolute atomic E-state index is 0.0867. The third-order valence-electron chi connectivity index (χ3n) is 2.75. The van der Waals surface area contributed by atoms with Crippen molar-refractivity contribution in [2.24, 2.45) is 0 Å². The molecule has 0 unspecified atom stereocenters. The number of carboxylic acids is 1. The Morgan fingerprint density at radius 1 is 1.30 bits per heavy atom. The highest BCUT2D eigenvalue weighted by Gasteiger charge is 2.13. The number of aromatic nitrogens is 3. The molecule has 5 nitrogen and oxygen atoms in total. The van der Waals surface area contributed by atoms with Crippen LogP contribution in [0.1, 0.15) is 10.4 Å². The summed E-state index contributed by atoms with van der Waals surface area (Å²) >= 11 is 3.26. The van der Waals surface area contributed by atoms with E-state index in [2.05, 4.69) is 26.0 Å². The molecule has 0 aliphatic rings. The van der Waals surface area contributed by atoms with Gasteiger partial charge in [-0.3, -0.25) is 0 Å². The first-order valence-electron chi connectivity index (χ1n) is 5.60. The largest absolute Gasteiger partial charge is 0.478 e. The second kappa shape index (κ2) is 4.68. The van der Waals surface area contributed by atoms with Crippen molar-refractivity contribution in [1.82, 2.24) is 14.6 Å². The van der Waals surface area contributed by atoms with Gasteiger partial charge in [0.15, 0.2) is 11.5 Å². The molecule has 0 aliphatic carbocycles. The van der Waals surface area contributed by atoms with Gasteiger partial charge in [-0.15, -0.1) is 5.10 Å². The number of fused-ring (bicyclic) bond motifs is 1. The number of hydrogen-bond donors (Lipinski definition) is 1. The van der Waals surface area contributed by atoms with Crippen molar-refractivity contribution < 1.29 is 14.3 Å². The lowest BCUT2D eigenvalue weighted by Crippen LogP contribution is -1.99. The summed E-state index contributed by atoms with van der Waals surface area (Å²) in [5.41, 5.74) is 0.785. The van der Waals surface area contributed by atoms with Gasteiger partial charge < -0.3 is 5.11 Å². The SMILES string of the molecule is O=C(O)c1ccc2nc(-c3cc(Br)ccc3F)nn2c1. The van der Waals surface area contributed by atoms with Crippen LogP contribution < -0.4 is 0 Å². The lowest BCUT2D eigenvalue weighted by atomic mass is 10.2. The molecule has 0 saturated carbocycles. The number of nitrogens with zero attached hydrogens (tertiary/aromatic N) is 3. The Labute approximate surface area is 120 Å². The van der Waals surface area contributed by atoms with E-state index in [1.165, 1.54) is 28.9 Å². The van der Waals surface area contributed by atoms with Crippen molar-refractivity contribution in [3.05, 3.63) is 52.4 Å². The first kappa shape index (κ1) is 12.7. The highest BCUT2D eigenvalue weighted by molar-refractivity contribution is 9.10. The molecule has 20 heavy (non-hydrogen) atoms. The van der Waals surface area contributed by atoms with Gasteiger partial charge >= 0.3 is 5.97 Å². The Bertz CT molecular complexity index is 832. The maximum Gasteiger partial charge on any atom is 0.337 e. The Morgan fingerprint density at radius 3 is 2.85 bits per heavy atom. The van der Waals surface area contributed by atoms with E-state index in [9.17, 15) is 9.18 Å². The molecule has 100 valence electrons. The summed E-state index contributed by atoms with van der Waals surface area (Å²) in [6, 6.07) is 7.41. The fourth-order valence-electron chi connectivity index (χ4n) is 1.79. The number of carboxylic acid groups (broad SMARTS) is 1. The van der Waals surface area contributed by atoms with Crippen LogP contribution in [0.2, 0.25) is 0 Å². The maximum absolute atomic E-state index is 13.8. The van der Waals surface area contributed by atoms with Gasteiger partial charge in [0.05, 0.1) is 11.1 Å². The first-order chi connectivity index (χ1) is 9.54. The normalized spacial score (nSPS) is 10.9. The Kier molecular flexibility index (Phi) is 2.98. The number of benzene rings is 1. The molecule has 0 spiro atoms. The van der Waals surface area contributed by atoms with Gasteiger partial charge in [0.25, 0.3) is 0 Å². The molecule has 1 aromatic carbocycles. The minimum Gasteiger partial charge on any atom is -0.478 e. The summed E-state index contributed by atoms with van der Waals surface area (Å²) in [6.07, 6.45) is 1.34. The van der Waals surface area contributed by atoms with Crippen LogP contribution in [-0.2, 0) is 0 Å². The van der Waals surface area contributed by atoms with Crippen LogP contribution >= 0.6 is 15.9 Å². The molecule has 0 fully saturated rings. The average Bonchev–Trinajstić information content (AvgIpc) is 2.83. The van der Waals surface area contributed by atoms with E-state index < -0.39 is 11.8 Å². The molecule has 0 amide bonds. The predicted molar refractivity (Wildman–Crippen MR) is 73.0 cm³/mol. The zero-order valence-electron chi connectivity index (χ0n) is 9.92. The van der Waals surface area contributed by atoms with Crippen molar-refractivity contribution in [3.63, 3.8) is 0 Å². The van der Waals surface area contributed by atoms with Gasteiger partial charge in [0.1, 0.15) is 5.82 Å². The minimum atomic E-state index is -1.06. The predicted octanol–water partition coefficient (Wildman–Crippen LogP) is 3.00. The monoisotopic (exact) mass is 335 g/mol. The van der Waals surface area contributed by atoms with Gasteiger partial charge in [-0.1, -0.05) is 15.9 Å². The zero-order chi connectivity index (χ0) is 14.3. The van der Waals surface area contributed by atoms with E-state index in [0.29, 0.717) is 10.1 Å². The molecule has 0 aliphatic heterocycles. The standard InChI is InChI=1S/C13H7BrFN3O2/c14-8-2-3-10(15)9(5-8)12-16-11-4-1-7(13(19)20)6-18(11)17-12/h1-6H,(H,19,20). The molecular weight excluding hydrogens is 329 g/mol. The topological polar surface area (TPSA) is 67.5 Å². The van der Waals surface area contributed by atoms with Gasteiger partial charge in [0.2, 0.25) is 0 Å². The summed E-state index contributed by atoms with van der Waals surface area (Å²) in [7, 11) is 0. The summed E-state index contributed by atoms with van der Waals surface area (Å²) < 4.78 is 15.8. The maximum atomic E-state index is 13.8. The number of pyridine rings is 1. The van der Waals surface area contributed by atoms with E-state index >= 15 is 0 Å². The van der Waals surface area contributed by atoms with E-state index in [4.69, 9.17) is 5.11 Å². The van der Waals surface area contributed by atoms with Crippen molar-refractivity contribution in [2.75, 3.05) is 0 Å². The zero-order valence-corrected chi connectivity index (χ0v) is 11.5. The van der Waals surface area contributed by atoms with E-state index in [-0.39, 0.29) is 17.0 Å². The number of aromatic carboxylic acids is 1. The Morgan fingerprint density at radius 2 is 2.10 bits per heavy atom. The number of hydrogen-bond acceptors (Lipinski definition) is 3. The van der Waals surface area contributed by atoms with E-state index in [0.717, 1.165) is 0 Å². The Balaban J connectivity index is 2.17. The smallest absolute Gasteiger partial charge is 0.337 e. The lowest BCUT2D eigenvalue weighted by Gasteiger charge is -1.98. The molecule has 0 radical (unpaired) electrons. The van der Waals surface area contributed by atoms with Crippen molar-refractivity contribution in [1.29, 1.82) is 0 Å². The van der Waals surface area contributed by atoms with Crippen LogP contribution in [0.4, 0.5) is 4.39 Å². The lowest BCUT2D eigenvalue weighted by molar-refractivity contribution is 0.0696. The third-order valence-corrected chi connectivity index (χ3v) is 3.24. The molecule has 3 rings (SSSR count).